The topological polar surface area (TPSA) is 66.4 Å². The summed E-state index contributed by atoms with van der Waals surface area (Å²) in [6.45, 7) is 1.46. The summed E-state index contributed by atoms with van der Waals surface area (Å²) >= 11 is 0.940. The first-order valence-electron chi connectivity index (χ1n) is 4.99. The molecule has 0 aliphatic heterocycles. The molecule has 1 atom stereocenters. The largest absolute Gasteiger partial charge is 0.480 e. The van der Waals surface area contributed by atoms with Gasteiger partial charge in [-0.1, -0.05) is 0 Å². The fraction of sp³-hybridized carbons (Fsp3) is 0.273. The van der Waals surface area contributed by atoms with Crippen LogP contribution in [-0.4, -0.2) is 28.0 Å². The van der Waals surface area contributed by atoms with Crippen LogP contribution >= 0.6 is 11.8 Å². The highest BCUT2D eigenvalue weighted by atomic mass is 32.2. The first kappa shape index (κ1) is 14.4. The number of hydrogen-bond acceptors (Lipinski definition) is 3. The molecule has 1 unspecified atom stereocenters. The fourth-order valence-electron chi connectivity index (χ4n) is 1.04. The molecule has 0 aliphatic rings. The molecular formula is C11H11F2NO3S. The zero-order chi connectivity index (χ0) is 13.7. The van der Waals surface area contributed by atoms with E-state index in [9.17, 15) is 18.4 Å². The van der Waals surface area contributed by atoms with E-state index >= 15 is 0 Å². The van der Waals surface area contributed by atoms with Crippen molar-refractivity contribution >= 4 is 29.3 Å². The van der Waals surface area contributed by atoms with E-state index in [4.69, 9.17) is 5.11 Å². The lowest BCUT2D eigenvalue weighted by Crippen LogP contribution is -2.19. The molecule has 1 aromatic carbocycles. The molecule has 0 bridgehead atoms. The number of rotatable bonds is 5. The van der Waals surface area contributed by atoms with Crippen LogP contribution in [0.1, 0.15) is 6.92 Å². The van der Waals surface area contributed by atoms with Crippen molar-refractivity contribution in [3.8, 4) is 0 Å². The van der Waals surface area contributed by atoms with Crippen molar-refractivity contribution in [3.63, 3.8) is 0 Å². The Morgan fingerprint density at radius 3 is 2.61 bits per heavy atom. The van der Waals surface area contributed by atoms with Crippen LogP contribution in [0.25, 0.3) is 0 Å². The maximum atomic E-state index is 12.8. The number of carbonyl (C=O) groups excluding carboxylic acids is 1. The van der Waals surface area contributed by atoms with E-state index in [1.165, 1.54) is 13.0 Å². The number of halogens is 2. The molecule has 0 heterocycles. The SMILES string of the molecule is CC(SCC(=O)Nc1ccc(F)c(F)c1)C(=O)O. The summed E-state index contributed by atoms with van der Waals surface area (Å²) in [5.74, 6) is -3.62. The van der Waals surface area contributed by atoms with Crippen molar-refractivity contribution in [1.82, 2.24) is 0 Å². The highest BCUT2D eigenvalue weighted by Gasteiger charge is 2.13. The maximum Gasteiger partial charge on any atom is 0.316 e. The molecule has 0 saturated heterocycles. The van der Waals surface area contributed by atoms with Crippen LogP contribution < -0.4 is 5.32 Å². The highest BCUT2D eigenvalue weighted by molar-refractivity contribution is 8.01. The van der Waals surface area contributed by atoms with Gasteiger partial charge < -0.3 is 10.4 Å². The van der Waals surface area contributed by atoms with Gasteiger partial charge in [0.2, 0.25) is 5.91 Å². The van der Waals surface area contributed by atoms with E-state index in [-0.39, 0.29) is 11.4 Å². The standard InChI is InChI=1S/C11H11F2NO3S/c1-6(11(16)17)18-5-10(15)14-7-2-3-8(12)9(13)4-7/h2-4,6H,5H2,1H3,(H,14,15)(H,16,17). The van der Waals surface area contributed by atoms with Gasteiger partial charge in [0.15, 0.2) is 11.6 Å². The van der Waals surface area contributed by atoms with Gasteiger partial charge in [0, 0.05) is 11.8 Å². The van der Waals surface area contributed by atoms with Crippen LogP contribution in [0, 0.1) is 11.6 Å². The summed E-state index contributed by atoms with van der Waals surface area (Å²) in [7, 11) is 0. The summed E-state index contributed by atoms with van der Waals surface area (Å²) in [4.78, 5) is 21.9. The summed E-state index contributed by atoms with van der Waals surface area (Å²) in [6.07, 6.45) is 0. The van der Waals surface area contributed by atoms with Crippen LogP contribution in [0.4, 0.5) is 14.5 Å². The second-order valence-electron chi connectivity index (χ2n) is 3.47. The normalized spacial score (nSPS) is 11.9. The summed E-state index contributed by atoms with van der Waals surface area (Å²) in [5, 5.41) is 10.2. The minimum absolute atomic E-state index is 0.0769. The van der Waals surface area contributed by atoms with Gasteiger partial charge in [-0.15, -0.1) is 11.8 Å². The lowest BCUT2D eigenvalue weighted by Gasteiger charge is -2.07. The van der Waals surface area contributed by atoms with Gasteiger partial charge in [0.1, 0.15) is 0 Å². The summed E-state index contributed by atoms with van der Waals surface area (Å²) in [5.41, 5.74) is 0.127. The van der Waals surface area contributed by atoms with Crippen molar-refractivity contribution in [1.29, 1.82) is 0 Å². The fourth-order valence-corrected chi connectivity index (χ4v) is 1.66. The first-order chi connectivity index (χ1) is 8.40. The van der Waals surface area contributed by atoms with Gasteiger partial charge in [-0.05, 0) is 19.1 Å². The van der Waals surface area contributed by atoms with E-state index in [0.29, 0.717) is 0 Å². The molecule has 0 fully saturated rings. The predicted octanol–water partition coefficient (Wildman–Crippen LogP) is 2.11. The predicted molar refractivity (Wildman–Crippen MR) is 64.5 cm³/mol. The van der Waals surface area contributed by atoms with E-state index in [2.05, 4.69) is 5.32 Å². The Morgan fingerprint density at radius 1 is 1.39 bits per heavy atom. The number of amides is 1. The van der Waals surface area contributed by atoms with Gasteiger partial charge in [-0.25, -0.2) is 8.78 Å². The molecule has 18 heavy (non-hydrogen) atoms. The third-order valence-electron chi connectivity index (χ3n) is 2.02. The Morgan fingerprint density at radius 2 is 2.06 bits per heavy atom. The van der Waals surface area contributed by atoms with Crippen molar-refractivity contribution in [2.45, 2.75) is 12.2 Å². The molecule has 4 nitrogen and oxygen atoms in total. The van der Waals surface area contributed by atoms with Gasteiger partial charge in [-0.3, -0.25) is 9.59 Å². The summed E-state index contributed by atoms with van der Waals surface area (Å²) in [6, 6.07) is 2.98. The van der Waals surface area contributed by atoms with Crippen LogP contribution in [0.3, 0.4) is 0 Å². The Labute approximate surface area is 106 Å². The van der Waals surface area contributed by atoms with E-state index in [1.54, 1.807) is 0 Å². The molecule has 0 saturated carbocycles. The van der Waals surface area contributed by atoms with Gasteiger partial charge >= 0.3 is 5.97 Å². The molecule has 0 spiro atoms. The monoisotopic (exact) mass is 275 g/mol. The first-order valence-corrected chi connectivity index (χ1v) is 6.04. The zero-order valence-corrected chi connectivity index (χ0v) is 10.3. The second kappa shape index (κ2) is 6.34. The van der Waals surface area contributed by atoms with Crippen LogP contribution in [0.5, 0.6) is 0 Å². The third kappa shape index (κ3) is 4.33. The smallest absolute Gasteiger partial charge is 0.316 e. The van der Waals surface area contributed by atoms with Gasteiger partial charge in [0.25, 0.3) is 0 Å². The highest BCUT2D eigenvalue weighted by Crippen LogP contribution is 2.15. The summed E-state index contributed by atoms with van der Waals surface area (Å²) < 4.78 is 25.5. The molecule has 0 aromatic heterocycles. The number of nitrogens with one attached hydrogen (secondary N) is 1. The third-order valence-corrected chi connectivity index (χ3v) is 3.15. The number of aliphatic carboxylic acids is 1. The molecule has 1 amide bonds. The van der Waals surface area contributed by atoms with Crippen LogP contribution in [0.2, 0.25) is 0 Å². The lowest BCUT2D eigenvalue weighted by atomic mass is 10.3. The molecule has 0 aliphatic carbocycles. The molecule has 2 N–H and O–H groups in total. The Kier molecular flexibility index (Phi) is 5.08. The Balaban J connectivity index is 2.49. The second-order valence-corrected chi connectivity index (χ2v) is 4.80. The minimum Gasteiger partial charge on any atom is -0.480 e. The van der Waals surface area contributed by atoms with Crippen molar-refractivity contribution < 1.29 is 23.5 Å². The number of carboxylic acid groups (broad SMARTS) is 1. The maximum absolute atomic E-state index is 12.8. The van der Waals surface area contributed by atoms with Crippen molar-refractivity contribution in [2.75, 3.05) is 11.1 Å². The number of carboxylic acids is 1. The van der Waals surface area contributed by atoms with Crippen LogP contribution in [-0.2, 0) is 9.59 Å². The number of hydrogen-bond donors (Lipinski definition) is 2. The van der Waals surface area contributed by atoms with E-state index in [1.807, 2.05) is 0 Å². The van der Waals surface area contributed by atoms with E-state index in [0.717, 1.165) is 23.9 Å². The number of thioether (sulfide) groups is 1. The van der Waals surface area contributed by atoms with E-state index < -0.39 is 28.8 Å². The molecule has 1 rings (SSSR count). The Bertz CT molecular complexity index is 468. The quantitative estimate of drug-likeness (QED) is 0.863. The van der Waals surface area contributed by atoms with Gasteiger partial charge in [0.05, 0.1) is 11.0 Å². The lowest BCUT2D eigenvalue weighted by molar-refractivity contribution is -0.136. The average molecular weight is 275 g/mol. The van der Waals surface area contributed by atoms with Gasteiger partial charge in [-0.2, -0.15) is 0 Å². The number of anilines is 1. The molecular weight excluding hydrogens is 264 g/mol. The van der Waals surface area contributed by atoms with Crippen LogP contribution in [0.15, 0.2) is 18.2 Å². The minimum atomic E-state index is -1.06. The molecule has 1 aromatic rings. The number of carbonyl (C=O) groups is 2. The number of benzene rings is 1. The zero-order valence-electron chi connectivity index (χ0n) is 9.44. The van der Waals surface area contributed by atoms with Crippen molar-refractivity contribution in [3.05, 3.63) is 29.8 Å². The molecule has 98 valence electrons. The molecule has 0 radical (unpaired) electrons. The molecule has 7 heteroatoms. The average Bonchev–Trinajstić information content (AvgIpc) is 2.30. The van der Waals surface area contributed by atoms with Crippen molar-refractivity contribution in [2.24, 2.45) is 0 Å². The Hall–Kier alpha value is -1.63.